The summed E-state index contributed by atoms with van der Waals surface area (Å²) in [6, 6.07) is 0. The van der Waals surface area contributed by atoms with E-state index in [1.54, 1.807) is 0 Å². The van der Waals surface area contributed by atoms with Gasteiger partial charge in [-0.1, -0.05) is 41.0 Å². The van der Waals surface area contributed by atoms with Gasteiger partial charge in [0, 0.05) is 0 Å². The molecule has 0 atom stereocenters. The Morgan fingerprint density at radius 3 is 1.00 bits per heavy atom. The van der Waals surface area contributed by atoms with Crippen molar-refractivity contribution in [1.29, 1.82) is 0 Å². The van der Waals surface area contributed by atoms with Crippen LogP contribution in [0.15, 0.2) is 0 Å². The first-order valence-corrected chi connectivity index (χ1v) is 4.39. The van der Waals surface area contributed by atoms with Crippen LogP contribution in [0.25, 0.3) is 0 Å². The van der Waals surface area contributed by atoms with E-state index in [9.17, 15) is 5.11 Å². The van der Waals surface area contributed by atoms with Crippen LogP contribution in [0.1, 0.15) is 54.9 Å². The number of hydrogen-bond donors (Lipinski definition) is 1. The lowest BCUT2D eigenvalue weighted by molar-refractivity contribution is -0.0238. The quantitative estimate of drug-likeness (QED) is 0.577. The lowest BCUT2D eigenvalue weighted by Gasteiger charge is -2.33. The molecule has 0 aromatic rings. The molecule has 0 aromatic carbocycles. The molecule has 70 valence electrons. The Morgan fingerprint density at radius 1 is 0.909 bits per heavy atom. The van der Waals surface area contributed by atoms with E-state index >= 15 is 0 Å². The molecule has 1 heteroatoms. The molecule has 0 rings (SSSR count). The molecule has 0 fully saturated rings. The van der Waals surface area contributed by atoms with Crippen LogP contribution in [0.4, 0.5) is 0 Å². The molecule has 0 unspecified atom stereocenters. The first kappa shape index (κ1) is 13.5. The zero-order chi connectivity index (χ0) is 9.71. The van der Waals surface area contributed by atoms with E-state index in [1.165, 1.54) is 6.42 Å². The fourth-order valence-electron chi connectivity index (χ4n) is 0. The topological polar surface area (TPSA) is 20.2 Å². The van der Waals surface area contributed by atoms with Gasteiger partial charge in [0.25, 0.3) is 0 Å². The average molecular weight is 160 g/mol. The highest BCUT2D eigenvalue weighted by molar-refractivity contribution is 4.80. The third-order valence-electron chi connectivity index (χ3n) is 1.84. The molecule has 0 amide bonds. The van der Waals surface area contributed by atoms with Gasteiger partial charge in [0.1, 0.15) is 0 Å². The van der Waals surface area contributed by atoms with Gasteiger partial charge < -0.3 is 5.11 Å². The number of rotatable bonds is 0. The minimum Gasteiger partial charge on any atom is -0.390 e. The molecule has 11 heavy (non-hydrogen) atoms. The first-order chi connectivity index (χ1) is 4.66. The minimum atomic E-state index is -0.562. The standard InChI is InChI=1S/C7H16O.C3H8/c1-6(2,3)7(4,5)8;1-3-2/h8H,1-5H3;3H2,1-2H3. The summed E-state index contributed by atoms with van der Waals surface area (Å²) in [5.41, 5.74) is -0.569. The van der Waals surface area contributed by atoms with Gasteiger partial charge in [0.15, 0.2) is 0 Å². The van der Waals surface area contributed by atoms with Crippen LogP contribution in [0.2, 0.25) is 0 Å². The van der Waals surface area contributed by atoms with Gasteiger partial charge >= 0.3 is 0 Å². The Kier molecular flexibility index (Phi) is 5.86. The van der Waals surface area contributed by atoms with Gasteiger partial charge in [0.2, 0.25) is 0 Å². The van der Waals surface area contributed by atoms with E-state index < -0.39 is 5.60 Å². The molecule has 0 aromatic heterocycles. The summed E-state index contributed by atoms with van der Waals surface area (Å²) in [5.74, 6) is 0. The fourth-order valence-corrected chi connectivity index (χ4v) is 0. The van der Waals surface area contributed by atoms with Crippen molar-refractivity contribution in [2.75, 3.05) is 0 Å². The van der Waals surface area contributed by atoms with Gasteiger partial charge in [-0.25, -0.2) is 0 Å². The molecule has 1 N–H and O–H groups in total. The van der Waals surface area contributed by atoms with E-state index in [4.69, 9.17) is 0 Å². The van der Waals surface area contributed by atoms with E-state index in [2.05, 4.69) is 13.8 Å². The van der Waals surface area contributed by atoms with Gasteiger partial charge in [-0.05, 0) is 19.3 Å². The summed E-state index contributed by atoms with van der Waals surface area (Å²) < 4.78 is 0. The maximum atomic E-state index is 9.35. The monoisotopic (exact) mass is 160 g/mol. The second-order valence-electron chi connectivity index (χ2n) is 4.52. The Bertz CT molecular complexity index is 70.0. The molecule has 0 aliphatic carbocycles. The van der Waals surface area contributed by atoms with Crippen molar-refractivity contribution in [1.82, 2.24) is 0 Å². The molecule has 0 radical (unpaired) electrons. The van der Waals surface area contributed by atoms with Crippen LogP contribution in [0.3, 0.4) is 0 Å². The highest BCUT2D eigenvalue weighted by atomic mass is 16.3. The Hall–Kier alpha value is -0.0400. The number of hydrogen-bond acceptors (Lipinski definition) is 1. The Balaban J connectivity index is 0. The lowest BCUT2D eigenvalue weighted by atomic mass is 9.79. The van der Waals surface area contributed by atoms with Crippen molar-refractivity contribution in [3.8, 4) is 0 Å². The highest BCUT2D eigenvalue weighted by Crippen LogP contribution is 2.28. The van der Waals surface area contributed by atoms with Gasteiger partial charge in [-0.2, -0.15) is 0 Å². The zero-order valence-corrected chi connectivity index (χ0v) is 9.15. The SMILES string of the molecule is CC(C)(C)C(C)(C)O.CCC. The van der Waals surface area contributed by atoms with Crippen LogP contribution in [-0.4, -0.2) is 10.7 Å². The average Bonchev–Trinajstić information content (AvgIpc) is 1.60. The van der Waals surface area contributed by atoms with Gasteiger partial charge in [0.05, 0.1) is 5.60 Å². The van der Waals surface area contributed by atoms with Crippen molar-refractivity contribution in [3.63, 3.8) is 0 Å². The first-order valence-electron chi connectivity index (χ1n) is 4.39. The van der Waals surface area contributed by atoms with Crippen LogP contribution in [-0.2, 0) is 0 Å². The van der Waals surface area contributed by atoms with E-state index in [1.807, 2.05) is 34.6 Å². The van der Waals surface area contributed by atoms with Gasteiger partial charge in [-0.3, -0.25) is 0 Å². The molecule has 1 nitrogen and oxygen atoms in total. The smallest absolute Gasteiger partial charge is 0.0639 e. The van der Waals surface area contributed by atoms with Crippen molar-refractivity contribution in [3.05, 3.63) is 0 Å². The van der Waals surface area contributed by atoms with E-state index in [0.717, 1.165) is 0 Å². The van der Waals surface area contributed by atoms with Crippen LogP contribution in [0, 0.1) is 5.41 Å². The van der Waals surface area contributed by atoms with E-state index in [0.29, 0.717) is 0 Å². The summed E-state index contributed by atoms with van der Waals surface area (Å²) in [4.78, 5) is 0. The van der Waals surface area contributed by atoms with Crippen LogP contribution < -0.4 is 0 Å². The summed E-state index contributed by atoms with van der Waals surface area (Å²) in [6.45, 7) is 14.0. The van der Waals surface area contributed by atoms with Crippen LogP contribution >= 0.6 is 0 Å². The maximum Gasteiger partial charge on any atom is 0.0639 e. The minimum absolute atomic E-state index is 0.00694. The second kappa shape index (κ2) is 4.76. The molecule has 0 bridgehead atoms. The van der Waals surface area contributed by atoms with Crippen molar-refractivity contribution in [2.24, 2.45) is 5.41 Å². The summed E-state index contributed by atoms with van der Waals surface area (Å²) in [5, 5.41) is 9.35. The molecule has 0 saturated heterocycles. The predicted molar refractivity (Wildman–Crippen MR) is 51.7 cm³/mol. The second-order valence-corrected chi connectivity index (χ2v) is 4.52. The molecule has 0 heterocycles. The fraction of sp³-hybridized carbons (Fsp3) is 1.00. The zero-order valence-electron chi connectivity index (χ0n) is 9.15. The normalized spacial score (nSPS) is 12.0. The van der Waals surface area contributed by atoms with Gasteiger partial charge in [-0.15, -0.1) is 0 Å². The predicted octanol–water partition coefficient (Wildman–Crippen LogP) is 3.22. The molecular formula is C10H24O. The Labute approximate surface area is 71.8 Å². The lowest BCUT2D eigenvalue weighted by Crippen LogP contribution is -2.35. The maximum absolute atomic E-state index is 9.35. The van der Waals surface area contributed by atoms with E-state index in [-0.39, 0.29) is 5.41 Å². The molecule has 0 aliphatic rings. The molecule has 0 spiro atoms. The summed E-state index contributed by atoms with van der Waals surface area (Å²) in [6.07, 6.45) is 1.25. The van der Waals surface area contributed by atoms with Crippen LogP contribution in [0.5, 0.6) is 0 Å². The van der Waals surface area contributed by atoms with Crippen molar-refractivity contribution < 1.29 is 5.11 Å². The summed E-state index contributed by atoms with van der Waals surface area (Å²) in [7, 11) is 0. The molecular weight excluding hydrogens is 136 g/mol. The highest BCUT2D eigenvalue weighted by Gasteiger charge is 2.29. The Morgan fingerprint density at radius 2 is 1.00 bits per heavy atom. The third kappa shape index (κ3) is 7.86. The third-order valence-corrected chi connectivity index (χ3v) is 1.84. The largest absolute Gasteiger partial charge is 0.390 e. The summed E-state index contributed by atoms with van der Waals surface area (Å²) >= 11 is 0. The van der Waals surface area contributed by atoms with Crippen molar-refractivity contribution in [2.45, 2.75) is 60.5 Å². The molecule has 0 saturated carbocycles. The van der Waals surface area contributed by atoms with Crippen molar-refractivity contribution >= 4 is 0 Å². The molecule has 0 aliphatic heterocycles. The number of aliphatic hydroxyl groups is 1.